The summed E-state index contributed by atoms with van der Waals surface area (Å²) in [6.45, 7) is -2.68. The van der Waals surface area contributed by atoms with Crippen molar-refractivity contribution in [2.45, 2.75) is 198 Å². The second-order valence-corrected chi connectivity index (χ2v) is 17.5. The first-order valence-corrected chi connectivity index (χ1v) is 22.0. The van der Waals surface area contributed by atoms with E-state index in [2.05, 4.69) is 5.32 Å². The molecule has 1 unspecified atom stereocenters. The van der Waals surface area contributed by atoms with Crippen molar-refractivity contribution in [2.75, 3.05) is 33.0 Å². The third-order valence-corrected chi connectivity index (χ3v) is 12.8. The van der Waals surface area contributed by atoms with Crippen LogP contribution in [0.1, 0.15) is 13.8 Å². The molecule has 0 aliphatic carbocycles. The van der Waals surface area contributed by atoms with Crippen molar-refractivity contribution < 1.29 is 149 Å². The van der Waals surface area contributed by atoms with E-state index >= 15 is 0 Å². The number of ether oxygens (including phenoxy) is 11. The van der Waals surface area contributed by atoms with E-state index in [4.69, 9.17) is 52.1 Å². The molecule has 0 aromatic rings. The van der Waals surface area contributed by atoms with Gasteiger partial charge in [-0.15, -0.1) is 0 Å². The van der Waals surface area contributed by atoms with Crippen molar-refractivity contribution >= 4 is 5.91 Å². The number of amides is 1. The lowest BCUT2D eigenvalue weighted by atomic mass is 9.94. The number of carbonyl (C=O) groups is 1. The van der Waals surface area contributed by atoms with Gasteiger partial charge in [-0.1, -0.05) is 0 Å². The molecule has 402 valence electrons. The fourth-order valence-electron chi connectivity index (χ4n) is 8.83. The first kappa shape index (κ1) is 56.6. The van der Waals surface area contributed by atoms with Gasteiger partial charge in [0.25, 0.3) is 0 Å². The second kappa shape index (κ2) is 24.1. The molecule has 0 bridgehead atoms. The molecule has 31 heteroatoms. The monoisotopic (exact) mass is 1020 g/mol. The van der Waals surface area contributed by atoms with E-state index in [1.165, 1.54) is 6.92 Å². The Morgan fingerprint density at radius 1 is 0.377 bits per heavy atom. The molecule has 0 aromatic heterocycles. The zero-order chi connectivity index (χ0) is 50.9. The summed E-state index contributed by atoms with van der Waals surface area (Å²) in [6, 6.07) is -1.85. The molecule has 6 saturated heterocycles. The van der Waals surface area contributed by atoms with Crippen LogP contribution < -0.4 is 5.32 Å². The zero-order valence-electron chi connectivity index (χ0n) is 36.8. The fourth-order valence-corrected chi connectivity index (χ4v) is 8.83. The van der Waals surface area contributed by atoms with E-state index in [0.717, 1.165) is 6.92 Å². The number of carbonyl (C=O) groups excluding carboxylic acids is 1. The van der Waals surface area contributed by atoms with Crippen LogP contribution in [0.15, 0.2) is 0 Å². The summed E-state index contributed by atoms with van der Waals surface area (Å²) < 4.78 is 63.3. The van der Waals surface area contributed by atoms with Crippen LogP contribution in [0.2, 0.25) is 0 Å². The molecule has 19 N–H and O–H groups in total. The van der Waals surface area contributed by atoms with Crippen LogP contribution in [0.5, 0.6) is 0 Å². The minimum absolute atomic E-state index is 0.893. The van der Waals surface area contributed by atoms with Gasteiger partial charge < -0.3 is 149 Å². The Morgan fingerprint density at radius 3 is 1.33 bits per heavy atom. The van der Waals surface area contributed by atoms with E-state index in [1.54, 1.807) is 0 Å². The maximum Gasteiger partial charge on any atom is 0.217 e. The smallest absolute Gasteiger partial charge is 0.217 e. The average molecular weight is 1020 g/mol. The second-order valence-electron chi connectivity index (χ2n) is 17.5. The highest BCUT2D eigenvalue weighted by Crippen LogP contribution is 2.38. The Balaban J connectivity index is 1.35. The minimum atomic E-state index is -2.18. The third kappa shape index (κ3) is 11.8. The van der Waals surface area contributed by atoms with Crippen LogP contribution in [0.4, 0.5) is 0 Å². The molecule has 6 rings (SSSR count). The fraction of sp³-hybridized carbons (Fsp3) is 0.974. The molecule has 1 amide bonds. The highest BCUT2D eigenvalue weighted by atomic mass is 16.8. The Bertz CT molecular complexity index is 1610. The van der Waals surface area contributed by atoms with Gasteiger partial charge in [-0.05, 0) is 6.92 Å². The molecule has 0 saturated carbocycles. The highest BCUT2D eigenvalue weighted by molar-refractivity contribution is 5.73. The van der Waals surface area contributed by atoms with Gasteiger partial charge >= 0.3 is 0 Å². The maximum absolute atomic E-state index is 12.9. The van der Waals surface area contributed by atoms with E-state index < -0.39 is 223 Å². The van der Waals surface area contributed by atoms with E-state index in [1.807, 2.05) is 0 Å². The van der Waals surface area contributed by atoms with Crippen LogP contribution >= 0.6 is 0 Å². The molecular weight excluding hydrogens is 950 g/mol. The van der Waals surface area contributed by atoms with Gasteiger partial charge in [0.05, 0.1) is 39.1 Å². The Kier molecular flexibility index (Phi) is 19.8. The number of nitrogens with one attached hydrogen (secondary N) is 1. The van der Waals surface area contributed by atoms with Crippen molar-refractivity contribution in [1.29, 1.82) is 0 Å². The molecular formula is C38H65NO30. The maximum atomic E-state index is 12.9. The van der Waals surface area contributed by atoms with Crippen molar-refractivity contribution in [3.8, 4) is 0 Å². The summed E-state index contributed by atoms with van der Waals surface area (Å²) in [5.74, 6) is -0.893. The number of hydrogen-bond donors (Lipinski definition) is 19. The normalized spacial score (nSPS) is 52.1. The van der Waals surface area contributed by atoms with Crippen molar-refractivity contribution in [1.82, 2.24) is 5.32 Å². The van der Waals surface area contributed by atoms with Crippen LogP contribution in [0.3, 0.4) is 0 Å². The van der Waals surface area contributed by atoms with Crippen molar-refractivity contribution in [3.63, 3.8) is 0 Å². The van der Waals surface area contributed by atoms with E-state index in [9.17, 15) is 96.7 Å². The van der Waals surface area contributed by atoms with Gasteiger partial charge in [0, 0.05) is 6.92 Å². The summed E-state index contributed by atoms with van der Waals surface area (Å²) in [7, 11) is 0. The minimum Gasteiger partial charge on any atom is -0.394 e. The lowest BCUT2D eigenvalue weighted by Crippen LogP contribution is -2.71. The third-order valence-electron chi connectivity index (χ3n) is 12.8. The zero-order valence-corrected chi connectivity index (χ0v) is 36.8. The molecule has 69 heavy (non-hydrogen) atoms. The van der Waals surface area contributed by atoms with Gasteiger partial charge in [-0.25, -0.2) is 0 Å². The summed E-state index contributed by atoms with van der Waals surface area (Å²) in [5, 5.41) is 194. The number of hydrogen-bond acceptors (Lipinski definition) is 30. The predicted molar refractivity (Wildman–Crippen MR) is 209 cm³/mol. The predicted octanol–water partition coefficient (Wildman–Crippen LogP) is -12.9. The van der Waals surface area contributed by atoms with E-state index in [-0.39, 0.29) is 0 Å². The van der Waals surface area contributed by atoms with Crippen LogP contribution in [-0.4, -0.2) is 315 Å². The van der Waals surface area contributed by atoms with E-state index in [0.29, 0.717) is 0 Å². The van der Waals surface area contributed by atoms with Crippen molar-refractivity contribution in [2.24, 2.45) is 0 Å². The standard InChI is InChI=1S/C38H65NO30/c1-8-16(46)21(51)25(55)35(59-8)69-32-31(68-36-26(56)22(52)17(47)10(3-40)62-36)20(50)13(6-43)64-38(32)66-29-15(39-9(2)45)34(61-11(4-41)18(29)48)67-30-19(49)12(5-42)63-37(27(30)57)65-28-14(7-44)60-33(58)24(54)23(28)53/h8,10-38,40-44,46-58H,3-7H2,1-2H3,(H,39,45)/t8-,10-,11-,12-,13-,14-,15-,16+,17+,18-,19+,20+,21+,22+,23-,24-,25-,26-,27-,28-,29-,30+,31+,32-,33?,34+,35-,36-,37+,38+/m1/s1. The lowest BCUT2D eigenvalue weighted by Gasteiger charge is -2.51. The summed E-state index contributed by atoms with van der Waals surface area (Å²) in [5.41, 5.74) is 0. The van der Waals surface area contributed by atoms with Crippen molar-refractivity contribution in [3.05, 3.63) is 0 Å². The Labute approximate surface area is 390 Å². The van der Waals surface area contributed by atoms with Crippen LogP contribution in [0.25, 0.3) is 0 Å². The topological polar surface area (TPSA) is 495 Å². The molecule has 0 spiro atoms. The first-order valence-electron chi connectivity index (χ1n) is 22.0. The number of aliphatic hydroxyl groups is 18. The summed E-state index contributed by atoms with van der Waals surface area (Å²) >= 11 is 0. The SMILES string of the molecule is CC(=O)N[C@H]1[C@H](O[C@H]2[C@@H](O)[C@@H](CO)O[C@@H](O[C@H]3[C@H](O)[C@@H](O)C(O)O[C@@H]3CO)[C@@H]2O)O[C@H](CO)[C@@H](O)[C@@H]1O[C@@H]1O[C@H](CO)[C@H](O)[C@H](O[C@H]2O[C@H](CO)[C@H](O)[C@H](O)[C@H]2O)[C@H]1O[C@H]1O[C@H](C)[C@H](O)[C@H](O)[C@H]1O. The molecule has 6 aliphatic heterocycles. The summed E-state index contributed by atoms with van der Waals surface area (Å²) in [6.07, 6.45) is -55.6. The van der Waals surface area contributed by atoms with Gasteiger partial charge in [0.2, 0.25) is 5.91 Å². The molecule has 0 aromatic carbocycles. The molecule has 6 aliphatic rings. The molecule has 0 radical (unpaired) electrons. The van der Waals surface area contributed by atoms with Gasteiger partial charge in [0.1, 0.15) is 140 Å². The summed E-state index contributed by atoms with van der Waals surface area (Å²) in [4.78, 5) is 12.9. The van der Waals surface area contributed by atoms with Crippen LogP contribution in [0, 0.1) is 0 Å². The highest BCUT2D eigenvalue weighted by Gasteiger charge is 2.59. The molecule has 6 heterocycles. The Morgan fingerprint density at radius 2 is 0.783 bits per heavy atom. The average Bonchev–Trinajstić information content (AvgIpc) is 3.32. The largest absolute Gasteiger partial charge is 0.394 e. The molecule has 31 nitrogen and oxygen atoms in total. The lowest BCUT2D eigenvalue weighted by molar-refractivity contribution is -0.404. The number of aliphatic hydroxyl groups excluding tert-OH is 18. The van der Waals surface area contributed by atoms with Gasteiger partial charge in [0.15, 0.2) is 37.7 Å². The first-order chi connectivity index (χ1) is 32.6. The quantitative estimate of drug-likeness (QED) is 0.0682. The molecule has 30 atom stereocenters. The number of rotatable bonds is 16. The Hall–Kier alpha value is -1.69. The molecule has 6 fully saturated rings. The van der Waals surface area contributed by atoms with Crippen LogP contribution in [-0.2, 0) is 56.9 Å². The van der Waals surface area contributed by atoms with Gasteiger partial charge in [-0.2, -0.15) is 0 Å². The van der Waals surface area contributed by atoms with Gasteiger partial charge in [-0.3, -0.25) is 4.79 Å².